The van der Waals surface area contributed by atoms with Gasteiger partial charge in [0.25, 0.3) is 5.91 Å². The van der Waals surface area contributed by atoms with Crippen molar-refractivity contribution in [3.05, 3.63) is 29.3 Å². The van der Waals surface area contributed by atoms with E-state index in [0.29, 0.717) is 6.42 Å². The zero-order chi connectivity index (χ0) is 18.7. The molecule has 1 fully saturated rings. The second-order valence-corrected chi connectivity index (χ2v) is 10.1. The average Bonchev–Trinajstić information content (AvgIpc) is 3.18. The molecule has 1 N–H and O–H groups in total. The SMILES string of the molecule is C[C@H](OC(=O)CSc1ccc2c(c1)CCC2)C(=O)N[C@@H]1CCS(=O)(=O)C1. The Morgan fingerprint density at radius 2 is 2.08 bits per heavy atom. The van der Waals surface area contributed by atoms with Gasteiger partial charge in [0.2, 0.25) is 0 Å². The molecule has 6 nitrogen and oxygen atoms in total. The van der Waals surface area contributed by atoms with Gasteiger partial charge in [0.05, 0.1) is 17.3 Å². The summed E-state index contributed by atoms with van der Waals surface area (Å²) in [6.45, 7) is 1.50. The van der Waals surface area contributed by atoms with E-state index in [1.807, 2.05) is 6.07 Å². The average molecular weight is 398 g/mol. The van der Waals surface area contributed by atoms with E-state index < -0.39 is 33.9 Å². The van der Waals surface area contributed by atoms with Crippen molar-refractivity contribution in [2.45, 2.75) is 49.6 Å². The van der Waals surface area contributed by atoms with Crippen LogP contribution in [0.5, 0.6) is 0 Å². The number of aryl methyl sites for hydroxylation is 2. The summed E-state index contributed by atoms with van der Waals surface area (Å²) in [4.78, 5) is 25.1. The van der Waals surface area contributed by atoms with Gasteiger partial charge in [-0.3, -0.25) is 9.59 Å². The van der Waals surface area contributed by atoms with E-state index in [2.05, 4.69) is 17.4 Å². The van der Waals surface area contributed by atoms with Crippen molar-refractivity contribution in [3.63, 3.8) is 0 Å². The van der Waals surface area contributed by atoms with Gasteiger partial charge in [0.15, 0.2) is 15.9 Å². The van der Waals surface area contributed by atoms with Crippen molar-refractivity contribution >= 4 is 33.5 Å². The van der Waals surface area contributed by atoms with E-state index in [1.165, 1.54) is 36.2 Å². The molecule has 1 aromatic rings. The third-order valence-electron chi connectivity index (χ3n) is 4.68. The van der Waals surface area contributed by atoms with E-state index in [0.717, 1.165) is 17.7 Å². The fourth-order valence-electron chi connectivity index (χ4n) is 3.29. The molecule has 1 saturated heterocycles. The Labute approximate surface area is 158 Å². The highest BCUT2D eigenvalue weighted by Crippen LogP contribution is 2.27. The molecule has 3 rings (SSSR count). The number of rotatable bonds is 6. The van der Waals surface area contributed by atoms with Gasteiger partial charge in [-0.15, -0.1) is 11.8 Å². The summed E-state index contributed by atoms with van der Waals surface area (Å²) in [5.41, 5.74) is 2.73. The molecule has 1 amide bonds. The largest absolute Gasteiger partial charge is 0.452 e. The van der Waals surface area contributed by atoms with Crippen molar-refractivity contribution in [2.75, 3.05) is 17.3 Å². The molecule has 2 aliphatic rings. The standard InChI is InChI=1S/C18H23NO5S2/c1-12(18(21)19-15-7-8-26(22,23)11-15)24-17(20)10-25-16-6-5-13-3-2-4-14(13)9-16/h5-6,9,12,15H,2-4,7-8,10-11H2,1H3,(H,19,21)/t12-,15+/m0/s1. The predicted molar refractivity (Wildman–Crippen MR) is 99.9 cm³/mol. The lowest BCUT2D eigenvalue weighted by molar-refractivity contribution is -0.152. The third kappa shape index (κ3) is 5.01. The molecule has 8 heteroatoms. The van der Waals surface area contributed by atoms with Gasteiger partial charge in [-0.2, -0.15) is 0 Å². The Hall–Kier alpha value is -1.54. The van der Waals surface area contributed by atoms with Crippen LogP contribution < -0.4 is 5.32 Å². The fraction of sp³-hybridized carbons (Fsp3) is 0.556. The fourth-order valence-corrected chi connectivity index (χ4v) is 5.71. The summed E-state index contributed by atoms with van der Waals surface area (Å²) < 4.78 is 28.0. The molecule has 1 aliphatic carbocycles. The van der Waals surface area contributed by atoms with Crippen LogP contribution in [0.15, 0.2) is 23.1 Å². The Balaban J connectivity index is 1.43. The summed E-state index contributed by atoms with van der Waals surface area (Å²) in [5, 5.41) is 2.64. The molecule has 26 heavy (non-hydrogen) atoms. The van der Waals surface area contributed by atoms with E-state index in [9.17, 15) is 18.0 Å². The predicted octanol–water partition coefficient (Wildman–Crippen LogP) is 1.50. The summed E-state index contributed by atoms with van der Waals surface area (Å²) in [6, 6.07) is 5.85. The smallest absolute Gasteiger partial charge is 0.317 e. The Morgan fingerprint density at radius 1 is 1.31 bits per heavy atom. The van der Waals surface area contributed by atoms with Crippen LogP contribution in [0.1, 0.15) is 30.9 Å². The number of amides is 1. The van der Waals surface area contributed by atoms with Gasteiger partial charge in [-0.25, -0.2) is 8.42 Å². The Kier molecular flexibility index (Phi) is 5.92. The Morgan fingerprint density at radius 3 is 2.81 bits per heavy atom. The quantitative estimate of drug-likeness (QED) is 0.578. The van der Waals surface area contributed by atoms with Crippen molar-refractivity contribution in [3.8, 4) is 0 Å². The minimum absolute atomic E-state index is 0.0480. The minimum Gasteiger partial charge on any atom is -0.452 e. The first-order chi connectivity index (χ1) is 12.3. The van der Waals surface area contributed by atoms with Crippen molar-refractivity contribution in [2.24, 2.45) is 0 Å². The highest BCUT2D eigenvalue weighted by atomic mass is 32.2. The molecule has 2 atom stereocenters. The minimum atomic E-state index is -3.06. The maximum Gasteiger partial charge on any atom is 0.317 e. The number of hydrogen-bond acceptors (Lipinski definition) is 6. The summed E-state index contributed by atoms with van der Waals surface area (Å²) in [7, 11) is -3.06. The van der Waals surface area contributed by atoms with E-state index >= 15 is 0 Å². The van der Waals surface area contributed by atoms with Crippen LogP contribution in [-0.4, -0.2) is 49.7 Å². The number of carbonyl (C=O) groups is 2. The van der Waals surface area contributed by atoms with Crippen molar-refractivity contribution in [1.29, 1.82) is 0 Å². The first-order valence-electron chi connectivity index (χ1n) is 8.77. The lowest BCUT2D eigenvalue weighted by Gasteiger charge is -2.16. The maximum atomic E-state index is 12.1. The normalized spacial score (nSPS) is 21.8. The number of hydrogen-bond donors (Lipinski definition) is 1. The summed E-state index contributed by atoms with van der Waals surface area (Å²) in [6.07, 6.45) is 2.86. The lowest BCUT2D eigenvalue weighted by Crippen LogP contribution is -2.42. The number of ether oxygens (including phenoxy) is 1. The van der Waals surface area contributed by atoms with Crippen LogP contribution in [0.25, 0.3) is 0 Å². The van der Waals surface area contributed by atoms with Gasteiger partial charge in [0.1, 0.15) is 0 Å². The monoisotopic (exact) mass is 397 g/mol. The number of fused-ring (bicyclic) bond motifs is 1. The number of esters is 1. The zero-order valence-corrected chi connectivity index (χ0v) is 16.3. The number of sulfone groups is 1. The van der Waals surface area contributed by atoms with Crippen LogP contribution in [0.2, 0.25) is 0 Å². The zero-order valence-electron chi connectivity index (χ0n) is 14.7. The molecule has 0 bridgehead atoms. The molecule has 0 saturated carbocycles. The van der Waals surface area contributed by atoms with Gasteiger partial charge in [0, 0.05) is 10.9 Å². The number of carbonyl (C=O) groups excluding carboxylic acids is 2. The molecule has 0 unspecified atom stereocenters. The topological polar surface area (TPSA) is 89.5 Å². The number of benzene rings is 1. The second kappa shape index (κ2) is 8.00. The molecule has 142 valence electrons. The van der Waals surface area contributed by atoms with Crippen LogP contribution in [-0.2, 0) is 37.0 Å². The molecule has 1 heterocycles. The van der Waals surface area contributed by atoms with Gasteiger partial charge in [-0.05, 0) is 55.9 Å². The van der Waals surface area contributed by atoms with Gasteiger partial charge >= 0.3 is 5.97 Å². The van der Waals surface area contributed by atoms with Crippen LogP contribution in [0, 0.1) is 0 Å². The summed E-state index contributed by atoms with van der Waals surface area (Å²) >= 11 is 1.40. The lowest BCUT2D eigenvalue weighted by atomic mass is 10.1. The Bertz CT molecular complexity index is 806. The number of thioether (sulfide) groups is 1. The molecule has 1 aromatic carbocycles. The first-order valence-corrected chi connectivity index (χ1v) is 11.6. The van der Waals surface area contributed by atoms with Crippen LogP contribution in [0.3, 0.4) is 0 Å². The summed E-state index contributed by atoms with van der Waals surface area (Å²) in [5.74, 6) is -0.745. The van der Waals surface area contributed by atoms with Crippen LogP contribution >= 0.6 is 11.8 Å². The van der Waals surface area contributed by atoms with Crippen LogP contribution in [0.4, 0.5) is 0 Å². The third-order valence-corrected chi connectivity index (χ3v) is 7.42. The van der Waals surface area contributed by atoms with E-state index in [1.54, 1.807) is 0 Å². The highest BCUT2D eigenvalue weighted by Gasteiger charge is 2.30. The molecule has 0 aromatic heterocycles. The second-order valence-electron chi connectivity index (χ2n) is 6.81. The molecule has 1 aliphatic heterocycles. The van der Waals surface area contributed by atoms with Gasteiger partial charge in [-0.1, -0.05) is 6.07 Å². The van der Waals surface area contributed by atoms with Crippen molar-refractivity contribution in [1.82, 2.24) is 5.32 Å². The molecule has 0 radical (unpaired) electrons. The van der Waals surface area contributed by atoms with E-state index in [-0.39, 0.29) is 17.3 Å². The van der Waals surface area contributed by atoms with E-state index in [4.69, 9.17) is 4.74 Å². The molecule has 0 spiro atoms. The number of nitrogens with one attached hydrogen (secondary N) is 1. The maximum absolute atomic E-state index is 12.1. The molecular weight excluding hydrogens is 374 g/mol. The highest BCUT2D eigenvalue weighted by molar-refractivity contribution is 8.00. The van der Waals surface area contributed by atoms with Gasteiger partial charge < -0.3 is 10.1 Å². The first kappa shape index (κ1) is 19.2. The van der Waals surface area contributed by atoms with Crippen molar-refractivity contribution < 1.29 is 22.7 Å². The molecular formula is C18H23NO5S2.